The molecule has 6 nitrogen and oxygen atoms in total. The molecule has 2 aromatic heterocycles. The molecule has 0 aliphatic rings. The summed E-state index contributed by atoms with van der Waals surface area (Å²) in [5.74, 6) is -0.252. The Labute approximate surface area is 199 Å². The molecule has 34 heavy (non-hydrogen) atoms. The van der Waals surface area contributed by atoms with Crippen molar-refractivity contribution >= 4 is 5.91 Å². The molecular weight excluding hydrogens is 424 g/mol. The molecule has 0 unspecified atom stereocenters. The maximum absolute atomic E-state index is 12.8. The highest BCUT2D eigenvalue weighted by Gasteiger charge is 2.16. The minimum Gasteiger partial charge on any atom is -0.342 e. The van der Waals surface area contributed by atoms with Crippen molar-refractivity contribution in [2.75, 3.05) is 13.6 Å². The normalized spacial score (nSPS) is 10.9. The van der Waals surface area contributed by atoms with E-state index in [4.69, 9.17) is 0 Å². The first-order chi connectivity index (χ1) is 16.5. The first-order valence-corrected chi connectivity index (χ1v) is 11.7. The molecule has 0 aliphatic heterocycles. The zero-order chi connectivity index (χ0) is 23.9. The van der Waals surface area contributed by atoms with Gasteiger partial charge in [0, 0.05) is 30.5 Å². The number of aryl methyl sites for hydroxylation is 2. The number of carbonyl (C=O) groups is 1. The van der Waals surface area contributed by atoms with E-state index in [2.05, 4.69) is 21.2 Å². The van der Waals surface area contributed by atoms with Gasteiger partial charge in [-0.05, 0) is 56.0 Å². The molecule has 4 rings (SSSR count). The van der Waals surface area contributed by atoms with Gasteiger partial charge in [0.1, 0.15) is 5.56 Å². The van der Waals surface area contributed by atoms with Crippen LogP contribution in [-0.4, -0.2) is 39.6 Å². The summed E-state index contributed by atoms with van der Waals surface area (Å²) in [5, 5.41) is 7.51. The molecule has 174 valence electrons. The van der Waals surface area contributed by atoms with Gasteiger partial charge < -0.3 is 9.88 Å². The van der Waals surface area contributed by atoms with Gasteiger partial charge in [-0.2, -0.15) is 5.10 Å². The highest BCUT2D eigenvalue weighted by Crippen LogP contribution is 2.19. The number of nitrogens with zero attached hydrogens (tertiary/aromatic N) is 2. The molecule has 4 aromatic rings. The van der Waals surface area contributed by atoms with Crippen molar-refractivity contribution in [3.63, 3.8) is 0 Å². The van der Waals surface area contributed by atoms with Crippen LogP contribution in [0.2, 0.25) is 0 Å². The van der Waals surface area contributed by atoms with Crippen LogP contribution >= 0.6 is 0 Å². The molecule has 0 saturated heterocycles. The lowest BCUT2D eigenvalue weighted by atomic mass is 10.1. The summed E-state index contributed by atoms with van der Waals surface area (Å²) in [6, 6.07) is 23.5. The average Bonchev–Trinajstić information content (AvgIpc) is 3.33. The van der Waals surface area contributed by atoms with Gasteiger partial charge in [0.15, 0.2) is 0 Å². The van der Waals surface area contributed by atoms with Gasteiger partial charge in [0.2, 0.25) is 0 Å². The minimum atomic E-state index is -0.357. The van der Waals surface area contributed by atoms with Crippen molar-refractivity contribution in [1.29, 1.82) is 0 Å². The third kappa shape index (κ3) is 5.70. The Morgan fingerprint density at radius 2 is 1.71 bits per heavy atom. The lowest BCUT2D eigenvalue weighted by molar-refractivity contribution is 0.0791. The number of carbonyl (C=O) groups excluding carboxylic acids is 1. The molecule has 0 radical (unpaired) electrons. The molecule has 6 heteroatoms. The van der Waals surface area contributed by atoms with Crippen molar-refractivity contribution in [1.82, 2.24) is 20.1 Å². The first-order valence-electron chi connectivity index (χ1n) is 11.7. The second kappa shape index (κ2) is 10.8. The van der Waals surface area contributed by atoms with Gasteiger partial charge in [-0.1, -0.05) is 60.5 Å². The standard InChI is InChI=1S/C28H30N4O2/c1-20-10-9-13-22(18-20)25-16-15-24(27(33)29-25)28(34)32(2)17-8-4-7-14-23-19-26(31-30-23)21-11-5-3-6-12-21/h3,5-6,9-13,15-16,18-19H,4,7-8,14,17H2,1-2H3,(H,29,33)(H,30,31). The number of nitrogens with one attached hydrogen (secondary N) is 2. The smallest absolute Gasteiger partial charge is 0.261 e. The van der Waals surface area contributed by atoms with Crippen LogP contribution in [0.25, 0.3) is 22.5 Å². The van der Waals surface area contributed by atoms with Crippen LogP contribution < -0.4 is 5.56 Å². The number of H-pyrrole nitrogens is 2. The van der Waals surface area contributed by atoms with Gasteiger partial charge in [-0.3, -0.25) is 14.7 Å². The van der Waals surface area contributed by atoms with E-state index in [1.54, 1.807) is 24.1 Å². The Bertz CT molecular complexity index is 1310. The zero-order valence-corrected chi connectivity index (χ0v) is 19.7. The fourth-order valence-corrected chi connectivity index (χ4v) is 4.02. The molecule has 0 spiro atoms. The fraction of sp³-hybridized carbons (Fsp3) is 0.250. The lowest BCUT2D eigenvalue weighted by Gasteiger charge is -2.17. The number of unbranched alkanes of at least 4 members (excludes halogenated alkanes) is 2. The maximum atomic E-state index is 12.8. The second-order valence-corrected chi connectivity index (χ2v) is 8.67. The van der Waals surface area contributed by atoms with Crippen LogP contribution in [0.4, 0.5) is 0 Å². The highest BCUT2D eigenvalue weighted by molar-refractivity contribution is 5.93. The molecule has 2 N–H and O–H groups in total. The quantitative estimate of drug-likeness (QED) is 0.340. The number of amides is 1. The van der Waals surface area contributed by atoms with E-state index in [-0.39, 0.29) is 17.0 Å². The van der Waals surface area contributed by atoms with Crippen LogP contribution in [0.3, 0.4) is 0 Å². The average molecular weight is 455 g/mol. The Balaban J connectivity index is 1.25. The van der Waals surface area contributed by atoms with Gasteiger partial charge in [0.25, 0.3) is 11.5 Å². The Morgan fingerprint density at radius 3 is 2.47 bits per heavy atom. The molecule has 0 atom stereocenters. The van der Waals surface area contributed by atoms with E-state index in [0.29, 0.717) is 12.2 Å². The number of hydrogen-bond donors (Lipinski definition) is 2. The summed E-state index contributed by atoms with van der Waals surface area (Å²) in [6.45, 7) is 2.61. The van der Waals surface area contributed by atoms with Crippen LogP contribution in [0.5, 0.6) is 0 Å². The van der Waals surface area contributed by atoms with Gasteiger partial charge >= 0.3 is 0 Å². The second-order valence-electron chi connectivity index (χ2n) is 8.67. The van der Waals surface area contributed by atoms with Crippen molar-refractivity contribution in [3.8, 4) is 22.5 Å². The van der Waals surface area contributed by atoms with Crippen molar-refractivity contribution in [2.24, 2.45) is 0 Å². The van der Waals surface area contributed by atoms with Gasteiger partial charge in [0.05, 0.1) is 5.69 Å². The lowest BCUT2D eigenvalue weighted by Crippen LogP contribution is -2.32. The monoisotopic (exact) mass is 454 g/mol. The molecule has 0 bridgehead atoms. The Kier molecular flexibility index (Phi) is 7.38. The fourth-order valence-electron chi connectivity index (χ4n) is 4.02. The predicted molar refractivity (Wildman–Crippen MR) is 136 cm³/mol. The van der Waals surface area contributed by atoms with Crippen molar-refractivity contribution in [2.45, 2.75) is 32.6 Å². The van der Waals surface area contributed by atoms with Crippen LogP contribution in [0.1, 0.15) is 40.9 Å². The molecule has 0 saturated carbocycles. The largest absolute Gasteiger partial charge is 0.342 e. The molecule has 0 aliphatic carbocycles. The summed E-state index contributed by atoms with van der Waals surface area (Å²) in [5.41, 5.74) is 5.74. The van der Waals surface area contributed by atoms with E-state index >= 15 is 0 Å². The van der Waals surface area contributed by atoms with Gasteiger partial charge in [-0.15, -0.1) is 0 Å². The van der Waals surface area contributed by atoms with Crippen LogP contribution in [0, 0.1) is 6.92 Å². The number of rotatable bonds is 9. The van der Waals surface area contributed by atoms with Gasteiger partial charge in [-0.25, -0.2) is 0 Å². The van der Waals surface area contributed by atoms with Crippen molar-refractivity contribution in [3.05, 3.63) is 100.0 Å². The van der Waals surface area contributed by atoms with E-state index in [9.17, 15) is 9.59 Å². The van der Waals surface area contributed by atoms with Crippen molar-refractivity contribution < 1.29 is 4.79 Å². The van der Waals surface area contributed by atoms with Crippen LogP contribution in [-0.2, 0) is 6.42 Å². The number of hydrogen-bond acceptors (Lipinski definition) is 3. The zero-order valence-electron chi connectivity index (χ0n) is 19.7. The summed E-state index contributed by atoms with van der Waals surface area (Å²) < 4.78 is 0. The van der Waals surface area contributed by atoms with E-state index < -0.39 is 0 Å². The number of aromatic nitrogens is 3. The summed E-state index contributed by atoms with van der Waals surface area (Å²) >= 11 is 0. The summed E-state index contributed by atoms with van der Waals surface area (Å²) in [6.07, 6.45) is 3.78. The van der Waals surface area contributed by atoms with E-state index in [0.717, 1.165) is 53.8 Å². The minimum absolute atomic E-state index is 0.171. The third-order valence-electron chi connectivity index (χ3n) is 5.96. The number of benzene rings is 2. The molecule has 1 amide bonds. The SMILES string of the molecule is Cc1cccc(-c2ccc(C(=O)N(C)CCCCCc3cc(-c4ccccc4)n[nH]3)c(=O)[nH]2)c1. The third-order valence-corrected chi connectivity index (χ3v) is 5.96. The van der Waals surface area contributed by atoms with E-state index in [1.807, 2.05) is 61.5 Å². The maximum Gasteiger partial charge on any atom is 0.261 e. The Hall–Kier alpha value is -3.93. The number of aromatic amines is 2. The Morgan fingerprint density at radius 1 is 0.912 bits per heavy atom. The molecular formula is C28H30N4O2. The van der Waals surface area contributed by atoms with E-state index in [1.165, 1.54) is 0 Å². The first kappa shape index (κ1) is 23.2. The number of pyridine rings is 1. The predicted octanol–water partition coefficient (Wildman–Crippen LogP) is 5.23. The van der Waals surface area contributed by atoms with Crippen LogP contribution in [0.15, 0.2) is 77.6 Å². The summed E-state index contributed by atoms with van der Waals surface area (Å²) in [7, 11) is 1.75. The highest BCUT2D eigenvalue weighted by atomic mass is 16.2. The topological polar surface area (TPSA) is 81.8 Å². The summed E-state index contributed by atoms with van der Waals surface area (Å²) in [4.78, 5) is 29.8. The molecule has 2 heterocycles. The molecule has 0 fully saturated rings. The molecule has 2 aromatic carbocycles.